The van der Waals surface area contributed by atoms with Crippen molar-refractivity contribution in [3.8, 4) is 0 Å². The Morgan fingerprint density at radius 3 is 3.00 bits per heavy atom. The molecular weight excluding hydrogens is 184 g/mol. The lowest BCUT2D eigenvalue weighted by Gasteiger charge is -2.22. The molecule has 0 aromatic heterocycles. The maximum Gasteiger partial charge on any atom is 0.308 e. The Kier molecular flexibility index (Phi) is 5.56. The van der Waals surface area contributed by atoms with Gasteiger partial charge in [0.25, 0.3) is 0 Å². The summed E-state index contributed by atoms with van der Waals surface area (Å²) in [5.74, 6) is -0.205. The summed E-state index contributed by atoms with van der Waals surface area (Å²) in [5, 5.41) is 0. The van der Waals surface area contributed by atoms with E-state index in [-0.39, 0.29) is 12.3 Å². The van der Waals surface area contributed by atoms with Gasteiger partial charge in [-0.25, -0.2) is 0 Å². The van der Waals surface area contributed by atoms with Crippen molar-refractivity contribution >= 4 is 5.97 Å². The zero-order chi connectivity index (χ0) is 10.2. The van der Waals surface area contributed by atoms with Gasteiger partial charge in [-0.05, 0) is 26.2 Å². The monoisotopic (exact) mass is 202 g/mol. The highest BCUT2D eigenvalue weighted by Crippen LogP contribution is 2.13. The van der Waals surface area contributed by atoms with Crippen molar-refractivity contribution in [2.24, 2.45) is 0 Å². The summed E-state index contributed by atoms with van der Waals surface area (Å²) in [4.78, 5) is 10.9. The third-order valence-corrected chi connectivity index (χ3v) is 2.05. The standard InChI is InChI=1S/C10H18O4/c1-2-12-9(11)6-8-14-10-5-3-4-7-13-10/h10H,2-8H2,1H3/t10-/m0/s1. The molecule has 0 spiro atoms. The highest BCUT2D eigenvalue weighted by molar-refractivity contribution is 5.69. The van der Waals surface area contributed by atoms with E-state index in [2.05, 4.69) is 0 Å². The fraction of sp³-hybridized carbons (Fsp3) is 0.900. The Morgan fingerprint density at radius 2 is 2.36 bits per heavy atom. The van der Waals surface area contributed by atoms with Gasteiger partial charge in [-0.2, -0.15) is 0 Å². The molecule has 1 heterocycles. The average molecular weight is 202 g/mol. The largest absolute Gasteiger partial charge is 0.466 e. The molecule has 1 aliphatic heterocycles. The summed E-state index contributed by atoms with van der Waals surface area (Å²) in [6.07, 6.45) is 3.39. The van der Waals surface area contributed by atoms with Crippen LogP contribution in [-0.2, 0) is 19.0 Å². The second-order valence-corrected chi connectivity index (χ2v) is 3.22. The van der Waals surface area contributed by atoms with Crippen LogP contribution in [-0.4, -0.2) is 32.1 Å². The molecule has 14 heavy (non-hydrogen) atoms. The van der Waals surface area contributed by atoms with Gasteiger partial charge < -0.3 is 14.2 Å². The third-order valence-electron chi connectivity index (χ3n) is 2.05. The molecule has 0 aromatic carbocycles. The number of carbonyl (C=O) groups excluding carboxylic acids is 1. The summed E-state index contributed by atoms with van der Waals surface area (Å²) in [5.41, 5.74) is 0. The zero-order valence-electron chi connectivity index (χ0n) is 8.66. The van der Waals surface area contributed by atoms with Gasteiger partial charge in [0.05, 0.1) is 19.6 Å². The van der Waals surface area contributed by atoms with Gasteiger partial charge in [-0.1, -0.05) is 0 Å². The van der Waals surface area contributed by atoms with Crippen molar-refractivity contribution < 1.29 is 19.0 Å². The number of rotatable bonds is 5. The van der Waals surface area contributed by atoms with Crippen molar-refractivity contribution in [2.75, 3.05) is 19.8 Å². The molecule has 1 rings (SSSR count). The van der Waals surface area contributed by atoms with Crippen LogP contribution in [0.4, 0.5) is 0 Å². The Labute approximate surface area is 84.5 Å². The second kappa shape index (κ2) is 6.79. The SMILES string of the molecule is CCOC(=O)CCO[C@H]1CCCCO1. The Hall–Kier alpha value is -0.610. The summed E-state index contributed by atoms with van der Waals surface area (Å²) >= 11 is 0. The first kappa shape index (κ1) is 11.5. The fourth-order valence-corrected chi connectivity index (χ4v) is 1.35. The van der Waals surface area contributed by atoms with E-state index in [0.717, 1.165) is 25.9 Å². The zero-order valence-corrected chi connectivity index (χ0v) is 8.66. The van der Waals surface area contributed by atoms with Crippen LogP contribution >= 0.6 is 0 Å². The minimum Gasteiger partial charge on any atom is -0.466 e. The van der Waals surface area contributed by atoms with Crippen LogP contribution in [0.3, 0.4) is 0 Å². The number of carbonyl (C=O) groups is 1. The number of hydrogen-bond donors (Lipinski definition) is 0. The lowest BCUT2D eigenvalue weighted by molar-refractivity contribution is -0.168. The molecule has 1 atom stereocenters. The van der Waals surface area contributed by atoms with Crippen molar-refractivity contribution in [1.82, 2.24) is 0 Å². The van der Waals surface area contributed by atoms with Crippen LogP contribution in [0.2, 0.25) is 0 Å². The van der Waals surface area contributed by atoms with Gasteiger partial charge in [0.1, 0.15) is 0 Å². The van der Waals surface area contributed by atoms with Crippen LogP contribution in [0.15, 0.2) is 0 Å². The van der Waals surface area contributed by atoms with E-state index in [1.165, 1.54) is 0 Å². The van der Waals surface area contributed by atoms with Crippen molar-refractivity contribution in [2.45, 2.75) is 38.9 Å². The minimum absolute atomic E-state index is 0.113. The molecule has 0 N–H and O–H groups in total. The second-order valence-electron chi connectivity index (χ2n) is 3.22. The Balaban J connectivity index is 1.99. The van der Waals surface area contributed by atoms with Crippen LogP contribution in [0.1, 0.15) is 32.6 Å². The van der Waals surface area contributed by atoms with E-state index in [9.17, 15) is 4.79 Å². The van der Waals surface area contributed by atoms with Crippen LogP contribution in [0.5, 0.6) is 0 Å². The average Bonchev–Trinajstić information content (AvgIpc) is 2.20. The van der Waals surface area contributed by atoms with E-state index < -0.39 is 0 Å². The quantitative estimate of drug-likeness (QED) is 0.633. The first-order valence-corrected chi connectivity index (χ1v) is 5.21. The summed E-state index contributed by atoms with van der Waals surface area (Å²) in [7, 11) is 0. The van der Waals surface area contributed by atoms with E-state index >= 15 is 0 Å². The molecule has 0 aromatic rings. The highest BCUT2D eigenvalue weighted by Gasteiger charge is 2.14. The Morgan fingerprint density at radius 1 is 1.50 bits per heavy atom. The fourth-order valence-electron chi connectivity index (χ4n) is 1.35. The molecule has 4 nitrogen and oxygen atoms in total. The van der Waals surface area contributed by atoms with E-state index in [1.807, 2.05) is 0 Å². The summed E-state index contributed by atoms with van der Waals surface area (Å²) in [6, 6.07) is 0. The molecule has 1 saturated heterocycles. The van der Waals surface area contributed by atoms with Crippen molar-refractivity contribution in [3.05, 3.63) is 0 Å². The van der Waals surface area contributed by atoms with Gasteiger partial charge in [0.15, 0.2) is 6.29 Å². The molecule has 0 bridgehead atoms. The predicted octanol–water partition coefficient (Wildman–Crippen LogP) is 1.48. The van der Waals surface area contributed by atoms with Gasteiger partial charge in [-0.3, -0.25) is 4.79 Å². The van der Waals surface area contributed by atoms with Crippen molar-refractivity contribution in [1.29, 1.82) is 0 Å². The first-order chi connectivity index (χ1) is 6.83. The maximum absolute atomic E-state index is 10.9. The summed E-state index contributed by atoms with van der Waals surface area (Å²) in [6.45, 7) is 3.38. The van der Waals surface area contributed by atoms with Crippen LogP contribution in [0.25, 0.3) is 0 Å². The number of hydrogen-bond acceptors (Lipinski definition) is 4. The minimum atomic E-state index is -0.205. The predicted molar refractivity (Wildman–Crippen MR) is 50.8 cm³/mol. The van der Waals surface area contributed by atoms with E-state index in [4.69, 9.17) is 14.2 Å². The van der Waals surface area contributed by atoms with Gasteiger partial charge in [-0.15, -0.1) is 0 Å². The van der Waals surface area contributed by atoms with Crippen LogP contribution < -0.4 is 0 Å². The first-order valence-electron chi connectivity index (χ1n) is 5.21. The normalized spacial score (nSPS) is 21.9. The lowest BCUT2D eigenvalue weighted by atomic mass is 10.2. The third kappa shape index (κ3) is 4.58. The highest BCUT2D eigenvalue weighted by atomic mass is 16.7. The Bertz CT molecular complexity index is 164. The maximum atomic E-state index is 10.9. The molecule has 0 radical (unpaired) electrons. The van der Waals surface area contributed by atoms with Crippen molar-refractivity contribution in [3.63, 3.8) is 0 Å². The van der Waals surface area contributed by atoms with E-state index in [0.29, 0.717) is 19.6 Å². The lowest BCUT2D eigenvalue weighted by Crippen LogP contribution is -2.23. The van der Waals surface area contributed by atoms with Gasteiger partial charge in [0, 0.05) is 6.61 Å². The molecule has 1 fully saturated rings. The molecule has 1 aliphatic rings. The molecule has 0 saturated carbocycles. The van der Waals surface area contributed by atoms with Gasteiger partial charge in [0.2, 0.25) is 0 Å². The smallest absolute Gasteiger partial charge is 0.308 e. The molecule has 4 heteroatoms. The molecule has 0 amide bonds. The van der Waals surface area contributed by atoms with Crippen LogP contribution in [0, 0.1) is 0 Å². The molecule has 0 aliphatic carbocycles. The molecular formula is C10H18O4. The number of esters is 1. The molecule has 82 valence electrons. The van der Waals surface area contributed by atoms with E-state index in [1.54, 1.807) is 6.92 Å². The van der Waals surface area contributed by atoms with Gasteiger partial charge >= 0.3 is 5.97 Å². The topological polar surface area (TPSA) is 44.8 Å². The molecule has 0 unspecified atom stereocenters. The summed E-state index contributed by atoms with van der Waals surface area (Å²) < 4.78 is 15.5. The number of ether oxygens (including phenoxy) is 3.